The summed E-state index contributed by atoms with van der Waals surface area (Å²) in [6, 6.07) is 14.1. The lowest BCUT2D eigenvalue weighted by molar-refractivity contribution is -0.126. The van der Waals surface area contributed by atoms with Crippen LogP contribution in [-0.4, -0.2) is 64.5 Å². The highest BCUT2D eigenvalue weighted by atomic mass is 16.3. The number of nitrogens with one attached hydrogen (secondary N) is 2. The Labute approximate surface area is 216 Å². The molecule has 3 aromatic rings. The molecule has 0 spiro atoms. The van der Waals surface area contributed by atoms with E-state index in [1.165, 1.54) is 19.1 Å². The number of aromatic hydroxyl groups is 1. The molecule has 1 aromatic heterocycles. The summed E-state index contributed by atoms with van der Waals surface area (Å²) in [5, 5.41) is 25.1. The first-order valence-corrected chi connectivity index (χ1v) is 12.0. The van der Waals surface area contributed by atoms with Gasteiger partial charge in [0.2, 0.25) is 11.9 Å². The van der Waals surface area contributed by atoms with E-state index in [1.54, 1.807) is 23.1 Å². The first kappa shape index (κ1) is 26.9. The summed E-state index contributed by atoms with van der Waals surface area (Å²) in [6.45, 7) is 9.95. The fraction of sp³-hybridized carbons (Fsp3) is 0.296. The van der Waals surface area contributed by atoms with Gasteiger partial charge in [0.15, 0.2) is 0 Å². The van der Waals surface area contributed by atoms with Crippen LogP contribution in [0.15, 0.2) is 55.1 Å². The lowest BCUT2D eigenvalue weighted by atomic mass is 10.1. The van der Waals surface area contributed by atoms with E-state index in [0.29, 0.717) is 50.2 Å². The number of amides is 2. The average Bonchev–Trinajstić information content (AvgIpc) is 2.91. The summed E-state index contributed by atoms with van der Waals surface area (Å²) in [7, 11) is 0. The highest BCUT2D eigenvalue weighted by Gasteiger charge is 2.22. The molecule has 0 radical (unpaired) electrons. The minimum atomic E-state index is -0.403. The maximum Gasteiger partial charge on any atom is 0.274 e. The Hall–Kier alpha value is -4.65. The van der Waals surface area contributed by atoms with Crippen molar-refractivity contribution >= 4 is 40.0 Å². The van der Waals surface area contributed by atoms with Crippen LogP contribution in [0, 0.1) is 11.3 Å². The van der Waals surface area contributed by atoms with Crippen molar-refractivity contribution in [3.63, 3.8) is 0 Å². The van der Waals surface area contributed by atoms with E-state index in [4.69, 9.17) is 5.26 Å². The smallest absolute Gasteiger partial charge is 0.274 e. The Morgan fingerprint density at radius 3 is 2.54 bits per heavy atom. The largest absolute Gasteiger partial charge is 0.508 e. The van der Waals surface area contributed by atoms with Gasteiger partial charge in [0, 0.05) is 57.2 Å². The number of nitrogens with zero attached hydrogens (tertiary/aromatic N) is 5. The number of nitriles is 1. The van der Waals surface area contributed by atoms with Gasteiger partial charge in [-0.25, -0.2) is 4.98 Å². The van der Waals surface area contributed by atoms with E-state index in [-0.39, 0.29) is 17.4 Å². The van der Waals surface area contributed by atoms with Crippen molar-refractivity contribution in [1.82, 2.24) is 14.9 Å². The molecule has 1 saturated heterocycles. The van der Waals surface area contributed by atoms with Crippen LogP contribution in [-0.2, 0) is 4.79 Å². The fourth-order valence-corrected chi connectivity index (χ4v) is 3.90. The number of carbonyl (C=O) groups is 2. The summed E-state index contributed by atoms with van der Waals surface area (Å²) in [5.74, 6) is 0.556. The maximum absolute atomic E-state index is 13.2. The number of hydrogen-bond acceptors (Lipinski definition) is 8. The molecule has 10 nitrogen and oxygen atoms in total. The van der Waals surface area contributed by atoms with Gasteiger partial charge in [0.1, 0.15) is 17.3 Å². The summed E-state index contributed by atoms with van der Waals surface area (Å²) in [5.41, 5.74) is 0.709. The van der Waals surface area contributed by atoms with Gasteiger partial charge >= 0.3 is 0 Å². The molecule has 0 atom stereocenters. The van der Waals surface area contributed by atoms with Gasteiger partial charge in [-0.2, -0.15) is 10.2 Å². The number of hydrogen-bond donors (Lipinski definition) is 3. The molecule has 0 unspecified atom stereocenters. The number of fused-ring (bicyclic) bond motifs is 1. The predicted molar refractivity (Wildman–Crippen MR) is 145 cm³/mol. The lowest BCUT2D eigenvalue weighted by Crippen LogP contribution is -2.48. The van der Waals surface area contributed by atoms with Crippen LogP contribution in [0.3, 0.4) is 0 Å². The number of phenolic OH excluding ortho intramolecular Hbond substituents is 1. The van der Waals surface area contributed by atoms with Crippen LogP contribution in [0.2, 0.25) is 0 Å². The molecule has 0 bridgehead atoms. The van der Waals surface area contributed by atoms with Gasteiger partial charge in [-0.05, 0) is 23.9 Å². The predicted octanol–water partition coefficient (Wildman–Crippen LogP) is 3.77. The Morgan fingerprint density at radius 1 is 1.16 bits per heavy atom. The summed E-state index contributed by atoms with van der Waals surface area (Å²) >= 11 is 0. The number of anilines is 3. The second-order valence-corrected chi connectivity index (χ2v) is 8.27. The van der Waals surface area contributed by atoms with Crippen molar-refractivity contribution in [2.45, 2.75) is 20.3 Å². The molecule has 10 heteroatoms. The van der Waals surface area contributed by atoms with Gasteiger partial charge < -0.3 is 25.5 Å². The number of rotatable bonds is 7. The first-order chi connectivity index (χ1) is 17.9. The molecule has 3 N–H and O–H groups in total. The van der Waals surface area contributed by atoms with Crippen LogP contribution >= 0.6 is 0 Å². The topological polar surface area (TPSA) is 134 Å². The standard InChI is InChI=1S/C25H28N6O3.C2H3N/c1-3-9-26-25-28-21(16-22(29-25)30-10-12-31(13-11-30)23(33)4-2)24(34)27-20-15-18(32)14-17-7-5-6-8-19(17)20;1-2-3/h4-8,14-16,32H,2-3,9-13H2,1H3,(H,27,34)(H,26,28,29);1H3. The minimum Gasteiger partial charge on any atom is -0.508 e. The zero-order valence-corrected chi connectivity index (χ0v) is 21.1. The summed E-state index contributed by atoms with van der Waals surface area (Å²) in [4.78, 5) is 37.9. The van der Waals surface area contributed by atoms with Gasteiger partial charge in [0.25, 0.3) is 5.91 Å². The van der Waals surface area contributed by atoms with Crippen LogP contribution in [0.5, 0.6) is 5.75 Å². The quantitative estimate of drug-likeness (QED) is 0.417. The Morgan fingerprint density at radius 2 is 1.86 bits per heavy atom. The highest BCUT2D eigenvalue weighted by Crippen LogP contribution is 2.29. The van der Waals surface area contributed by atoms with Gasteiger partial charge in [0.05, 0.1) is 11.8 Å². The second-order valence-electron chi connectivity index (χ2n) is 8.27. The third-order valence-electron chi connectivity index (χ3n) is 5.66. The molecule has 4 rings (SSSR count). The van der Waals surface area contributed by atoms with Crippen molar-refractivity contribution in [3.05, 3.63) is 60.8 Å². The van der Waals surface area contributed by atoms with Crippen molar-refractivity contribution in [1.29, 1.82) is 5.26 Å². The third-order valence-corrected chi connectivity index (χ3v) is 5.66. The molecule has 37 heavy (non-hydrogen) atoms. The van der Waals surface area contributed by atoms with E-state index in [2.05, 4.69) is 27.2 Å². The number of piperazine rings is 1. The van der Waals surface area contributed by atoms with Crippen LogP contribution in [0.1, 0.15) is 30.8 Å². The molecule has 2 heterocycles. The van der Waals surface area contributed by atoms with E-state index >= 15 is 0 Å². The molecule has 1 aliphatic heterocycles. The molecule has 1 aliphatic rings. The SMILES string of the molecule is C=CC(=O)N1CCN(c2cc(C(=O)Nc3cc(O)cc4ccccc34)nc(NCCC)n2)CC1.CC#N. The average molecular weight is 502 g/mol. The van der Waals surface area contributed by atoms with Gasteiger partial charge in [-0.1, -0.05) is 37.8 Å². The second kappa shape index (κ2) is 12.9. The van der Waals surface area contributed by atoms with E-state index in [0.717, 1.165) is 17.2 Å². The summed E-state index contributed by atoms with van der Waals surface area (Å²) in [6.07, 6.45) is 2.20. The molecule has 0 saturated carbocycles. The van der Waals surface area contributed by atoms with Crippen LogP contribution < -0.4 is 15.5 Å². The van der Waals surface area contributed by atoms with Gasteiger partial charge in [-0.15, -0.1) is 0 Å². The maximum atomic E-state index is 13.2. The summed E-state index contributed by atoms with van der Waals surface area (Å²) < 4.78 is 0. The monoisotopic (exact) mass is 501 g/mol. The van der Waals surface area contributed by atoms with Crippen molar-refractivity contribution < 1.29 is 14.7 Å². The van der Waals surface area contributed by atoms with Crippen molar-refractivity contribution in [3.8, 4) is 11.8 Å². The molecular formula is C27H31N7O3. The normalized spacial score (nSPS) is 12.7. The first-order valence-electron chi connectivity index (χ1n) is 12.0. The molecule has 1 fully saturated rings. The zero-order valence-electron chi connectivity index (χ0n) is 21.1. The Bertz CT molecular complexity index is 1310. The van der Waals surface area contributed by atoms with Crippen molar-refractivity contribution in [2.24, 2.45) is 0 Å². The van der Waals surface area contributed by atoms with E-state index < -0.39 is 5.91 Å². The lowest BCUT2D eigenvalue weighted by Gasteiger charge is -2.35. The van der Waals surface area contributed by atoms with E-state index in [1.807, 2.05) is 36.1 Å². The molecule has 2 amide bonds. The number of carbonyl (C=O) groups excluding carboxylic acids is 2. The molecule has 192 valence electrons. The fourth-order valence-electron chi connectivity index (χ4n) is 3.90. The van der Waals surface area contributed by atoms with Crippen LogP contribution in [0.4, 0.5) is 17.5 Å². The van der Waals surface area contributed by atoms with E-state index in [9.17, 15) is 14.7 Å². The zero-order chi connectivity index (χ0) is 26.8. The third kappa shape index (κ3) is 6.95. The number of benzene rings is 2. The highest BCUT2D eigenvalue weighted by molar-refractivity contribution is 6.09. The van der Waals surface area contributed by atoms with Gasteiger partial charge in [-0.3, -0.25) is 9.59 Å². The molecule has 0 aliphatic carbocycles. The number of phenols is 1. The Balaban J connectivity index is 0.00000121. The Kier molecular flexibility index (Phi) is 9.38. The number of aromatic nitrogens is 2. The molecule has 2 aromatic carbocycles. The van der Waals surface area contributed by atoms with Crippen LogP contribution in [0.25, 0.3) is 10.8 Å². The van der Waals surface area contributed by atoms with Crippen molar-refractivity contribution in [2.75, 3.05) is 48.3 Å². The minimum absolute atomic E-state index is 0.0645. The molecular weight excluding hydrogens is 470 g/mol.